The summed E-state index contributed by atoms with van der Waals surface area (Å²) < 4.78 is 0. The van der Waals surface area contributed by atoms with Crippen LogP contribution >= 0.6 is 0 Å². The van der Waals surface area contributed by atoms with Gasteiger partial charge in [0.1, 0.15) is 6.04 Å². The molecule has 34 heavy (non-hydrogen) atoms. The van der Waals surface area contributed by atoms with Crippen LogP contribution in [0, 0.1) is 17.8 Å². The number of imidazole rings is 1. The van der Waals surface area contributed by atoms with E-state index in [9.17, 15) is 24.6 Å². The lowest BCUT2D eigenvalue weighted by molar-refractivity contribution is -0.145. The Morgan fingerprint density at radius 2 is 1.88 bits per heavy atom. The number of aliphatic hydroxyl groups excluding tert-OH is 1. The zero-order chi connectivity index (χ0) is 26.0. The summed E-state index contributed by atoms with van der Waals surface area (Å²) >= 11 is 0. The van der Waals surface area contributed by atoms with E-state index >= 15 is 0 Å². The standard InChI is InChI=1S/C15H28N4O4.C6H9N3O2/c1-4-8(5-2)12(18-7(3)20)11-10(19-15(16)17)6-9(13(11)21)14(22)23;7-5(6(10)11)1-4-2-8-3-9-4/h8-13,21H,4-6H2,1-3H3,(H,18,20)(H,22,23)(H4,16,17,19);2-3,5H,1,7H2,(H,8,9)(H,10,11)/t9-,10+,11+,12-,13+;/m0./s1. The summed E-state index contributed by atoms with van der Waals surface area (Å²) in [5, 5.41) is 31.1. The fourth-order valence-corrected chi connectivity index (χ4v) is 4.36. The van der Waals surface area contributed by atoms with Crippen LogP contribution in [0.1, 0.15) is 45.7 Å². The summed E-state index contributed by atoms with van der Waals surface area (Å²) in [4.78, 5) is 43.9. The number of aliphatic hydroxyl groups is 1. The van der Waals surface area contributed by atoms with Crippen molar-refractivity contribution in [3.63, 3.8) is 0 Å². The van der Waals surface area contributed by atoms with E-state index in [1.807, 2.05) is 13.8 Å². The first-order valence-electron chi connectivity index (χ1n) is 11.1. The van der Waals surface area contributed by atoms with Crippen molar-refractivity contribution in [1.29, 1.82) is 0 Å². The molecule has 11 N–H and O–H groups in total. The van der Waals surface area contributed by atoms with E-state index in [4.69, 9.17) is 22.3 Å². The molecule has 6 atom stereocenters. The van der Waals surface area contributed by atoms with E-state index in [1.54, 1.807) is 6.20 Å². The summed E-state index contributed by atoms with van der Waals surface area (Å²) in [6, 6.07) is -1.76. The number of hydrogen-bond acceptors (Lipinski definition) is 7. The maximum Gasteiger partial charge on any atom is 0.320 e. The first-order chi connectivity index (χ1) is 15.9. The first kappa shape index (κ1) is 28.8. The van der Waals surface area contributed by atoms with E-state index in [0.29, 0.717) is 0 Å². The Bertz CT molecular complexity index is 824. The summed E-state index contributed by atoms with van der Waals surface area (Å²) in [7, 11) is 0. The predicted molar refractivity (Wildman–Crippen MR) is 124 cm³/mol. The average molecular weight is 484 g/mol. The van der Waals surface area contributed by atoms with Crippen LogP contribution < -0.4 is 22.5 Å². The Kier molecular flexibility index (Phi) is 11.5. The van der Waals surface area contributed by atoms with Crippen LogP contribution in [0.25, 0.3) is 0 Å². The smallest absolute Gasteiger partial charge is 0.320 e. The number of nitrogens with zero attached hydrogens (tertiary/aromatic N) is 2. The molecule has 1 unspecified atom stereocenters. The maximum absolute atomic E-state index is 11.6. The number of aromatic nitrogens is 2. The summed E-state index contributed by atoms with van der Waals surface area (Å²) in [6.07, 6.45) is 3.95. The van der Waals surface area contributed by atoms with Crippen LogP contribution in [0.4, 0.5) is 0 Å². The molecule has 1 aromatic rings. The topological polar surface area (TPSA) is 243 Å². The van der Waals surface area contributed by atoms with Crippen LogP contribution in [0.15, 0.2) is 17.5 Å². The molecule has 0 saturated heterocycles. The highest BCUT2D eigenvalue weighted by molar-refractivity contribution is 5.77. The Labute approximate surface area is 198 Å². The average Bonchev–Trinajstić information content (AvgIpc) is 3.35. The highest BCUT2D eigenvalue weighted by Gasteiger charge is 2.50. The van der Waals surface area contributed by atoms with Gasteiger partial charge in [0.05, 0.1) is 24.4 Å². The normalized spacial score (nSPS) is 23.4. The van der Waals surface area contributed by atoms with E-state index in [0.717, 1.165) is 18.5 Å². The number of H-pyrrole nitrogens is 1. The number of rotatable bonds is 10. The second-order valence-corrected chi connectivity index (χ2v) is 8.40. The Hall–Kier alpha value is -3.19. The zero-order valence-corrected chi connectivity index (χ0v) is 19.7. The lowest BCUT2D eigenvalue weighted by Crippen LogP contribution is -2.51. The van der Waals surface area contributed by atoms with Gasteiger partial charge in [-0.05, 0) is 12.3 Å². The number of carboxylic acid groups (broad SMARTS) is 2. The number of carbonyl (C=O) groups excluding carboxylic acids is 1. The van der Waals surface area contributed by atoms with Gasteiger partial charge in [-0.25, -0.2) is 9.98 Å². The van der Waals surface area contributed by atoms with Gasteiger partial charge in [0, 0.05) is 37.2 Å². The molecule has 1 aliphatic rings. The number of guanidine groups is 1. The lowest BCUT2D eigenvalue weighted by atomic mass is 9.80. The number of hydrogen-bond donors (Lipinski definition) is 8. The molecule has 1 aromatic heterocycles. The molecule has 1 amide bonds. The number of nitrogens with two attached hydrogens (primary N) is 3. The minimum absolute atomic E-state index is 0.0998. The molecule has 13 heteroatoms. The third-order valence-corrected chi connectivity index (χ3v) is 6.03. The molecule has 13 nitrogen and oxygen atoms in total. The van der Waals surface area contributed by atoms with E-state index in [2.05, 4.69) is 20.3 Å². The monoisotopic (exact) mass is 483 g/mol. The Morgan fingerprint density at radius 1 is 1.26 bits per heavy atom. The predicted octanol–water partition coefficient (Wildman–Crippen LogP) is -0.985. The molecule has 2 rings (SSSR count). The molecule has 1 saturated carbocycles. The second-order valence-electron chi connectivity index (χ2n) is 8.40. The van der Waals surface area contributed by atoms with E-state index in [-0.39, 0.29) is 36.7 Å². The molecule has 0 spiro atoms. The number of carbonyl (C=O) groups is 3. The summed E-state index contributed by atoms with van der Waals surface area (Å²) in [5.74, 6) is -3.84. The zero-order valence-electron chi connectivity index (χ0n) is 19.7. The summed E-state index contributed by atoms with van der Waals surface area (Å²) in [5.41, 5.74) is 16.9. The molecule has 1 aliphatic carbocycles. The number of aliphatic imine (C=N–C) groups is 1. The third-order valence-electron chi connectivity index (χ3n) is 6.03. The van der Waals surface area contributed by atoms with Crippen LogP contribution in [0.2, 0.25) is 0 Å². The van der Waals surface area contributed by atoms with E-state index in [1.165, 1.54) is 13.3 Å². The van der Waals surface area contributed by atoms with Crippen molar-refractivity contribution in [1.82, 2.24) is 15.3 Å². The quantitative estimate of drug-likeness (QED) is 0.149. The minimum atomic E-state index is -1.11. The van der Waals surface area contributed by atoms with Crippen molar-refractivity contribution in [2.75, 3.05) is 0 Å². The van der Waals surface area contributed by atoms with Gasteiger partial charge in [-0.3, -0.25) is 14.4 Å². The van der Waals surface area contributed by atoms with Gasteiger partial charge in [0.2, 0.25) is 5.91 Å². The van der Waals surface area contributed by atoms with Crippen LogP contribution in [-0.4, -0.2) is 73.3 Å². The number of nitrogens with one attached hydrogen (secondary N) is 2. The number of carboxylic acids is 2. The fraction of sp³-hybridized carbons (Fsp3) is 0.667. The Morgan fingerprint density at radius 3 is 2.29 bits per heavy atom. The van der Waals surface area contributed by atoms with Gasteiger partial charge in [-0.15, -0.1) is 0 Å². The van der Waals surface area contributed by atoms with Gasteiger partial charge in [0.25, 0.3) is 0 Å². The van der Waals surface area contributed by atoms with Crippen molar-refractivity contribution < 1.29 is 29.7 Å². The largest absolute Gasteiger partial charge is 0.481 e. The maximum atomic E-state index is 11.6. The molecule has 0 bridgehead atoms. The van der Waals surface area contributed by atoms with Crippen LogP contribution in [0.3, 0.4) is 0 Å². The molecule has 1 heterocycles. The van der Waals surface area contributed by atoms with Crippen molar-refractivity contribution in [3.8, 4) is 0 Å². The van der Waals surface area contributed by atoms with Crippen LogP contribution in [0.5, 0.6) is 0 Å². The molecule has 0 aromatic carbocycles. The minimum Gasteiger partial charge on any atom is -0.481 e. The second kappa shape index (κ2) is 13.5. The van der Waals surface area contributed by atoms with Gasteiger partial charge in [-0.1, -0.05) is 26.7 Å². The van der Waals surface area contributed by atoms with Gasteiger partial charge >= 0.3 is 11.9 Å². The lowest BCUT2D eigenvalue weighted by Gasteiger charge is -2.35. The van der Waals surface area contributed by atoms with Gasteiger partial charge < -0.3 is 42.8 Å². The number of aliphatic carboxylic acids is 2. The molecular weight excluding hydrogens is 446 g/mol. The van der Waals surface area contributed by atoms with Crippen molar-refractivity contribution >= 4 is 23.8 Å². The fourth-order valence-electron chi connectivity index (χ4n) is 4.36. The highest BCUT2D eigenvalue weighted by atomic mass is 16.4. The van der Waals surface area contributed by atoms with Crippen LogP contribution in [-0.2, 0) is 20.8 Å². The van der Waals surface area contributed by atoms with Crippen molar-refractivity contribution in [2.24, 2.45) is 39.9 Å². The van der Waals surface area contributed by atoms with Crippen molar-refractivity contribution in [2.45, 2.75) is 70.7 Å². The van der Waals surface area contributed by atoms with Crippen molar-refractivity contribution in [3.05, 3.63) is 18.2 Å². The molecule has 192 valence electrons. The Balaban J connectivity index is 0.000000437. The molecule has 0 aliphatic heterocycles. The number of amides is 1. The van der Waals surface area contributed by atoms with E-state index < -0.39 is 42.0 Å². The summed E-state index contributed by atoms with van der Waals surface area (Å²) in [6.45, 7) is 5.39. The third kappa shape index (κ3) is 8.30. The molecule has 1 fully saturated rings. The first-order valence-corrected chi connectivity index (χ1v) is 11.1. The van der Waals surface area contributed by atoms with Gasteiger partial charge in [-0.2, -0.15) is 0 Å². The number of aromatic amines is 1. The molecular formula is C21H37N7O6. The van der Waals surface area contributed by atoms with Gasteiger partial charge in [0.15, 0.2) is 5.96 Å². The molecule has 0 radical (unpaired) electrons. The SMILES string of the molecule is CCC(CC)[C@H](NC(C)=O)[C@@H]1[C@H](O)[C@@H](C(=O)O)C[C@H]1N=C(N)N.NC(Cc1cnc[nH]1)C(=O)O. The highest BCUT2D eigenvalue weighted by Crippen LogP contribution is 2.39.